The van der Waals surface area contributed by atoms with Crippen molar-refractivity contribution in [1.29, 1.82) is 0 Å². The quantitative estimate of drug-likeness (QED) is 0.793. The van der Waals surface area contributed by atoms with Gasteiger partial charge >= 0.3 is 0 Å². The zero-order chi connectivity index (χ0) is 19.0. The standard InChI is InChI=1S/C19H20N4O3S.ClH/c1-23(15-10-11-20-12-15)19(24)13-6-8-14(9-7-13)21-18-16-4-2-3-5-17(16)27(25,26)22-18;/h2-9,15,20H,10-12H2,1H3,(H,21,22);1H. The van der Waals surface area contributed by atoms with Crippen LogP contribution in [-0.2, 0) is 10.0 Å². The number of amidine groups is 1. The van der Waals surface area contributed by atoms with E-state index in [-0.39, 0.29) is 29.3 Å². The molecule has 0 bridgehead atoms. The minimum absolute atomic E-state index is 0. The van der Waals surface area contributed by atoms with Gasteiger partial charge in [0.1, 0.15) is 4.90 Å². The summed E-state index contributed by atoms with van der Waals surface area (Å²) >= 11 is 0. The first-order chi connectivity index (χ1) is 13.0. The first kappa shape index (κ1) is 20.3. The maximum atomic E-state index is 12.6. The summed E-state index contributed by atoms with van der Waals surface area (Å²) in [5.74, 6) is 0.264. The van der Waals surface area contributed by atoms with Gasteiger partial charge in [0, 0.05) is 36.4 Å². The van der Waals surface area contributed by atoms with E-state index in [4.69, 9.17) is 0 Å². The zero-order valence-corrected chi connectivity index (χ0v) is 16.9. The number of carbonyl (C=O) groups is 1. The van der Waals surface area contributed by atoms with Gasteiger partial charge in [-0.1, -0.05) is 12.1 Å². The van der Waals surface area contributed by atoms with Gasteiger partial charge in [0.05, 0.1) is 0 Å². The van der Waals surface area contributed by atoms with Gasteiger partial charge in [-0.15, -0.1) is 16.8 Å². The number of hydrogen-bond acceptors (Lipinski definition) is 5. The van der Waals surface area contributed by atoms with E-state index >= 15 is 0 Å². The summed E-state index contributed by atoms with van der Waals surface area (Å²) in [4.78, 5) is 14.6. The molecule has 1 amide bonds. The second-order valence-corrected chi connectivity index (χ2v) is 8.25. The lowest BCUT2D eigenvalue weighted by Gasteiger charge is -2.23. The Morgan fingerprint density at radius 3 is 2.57 bits per heavy atom. The molecule has 0 aliphatic carbocycles. The van der Waals surface area contributed by atoms with Crippen molar-refractivity contribution in [3.05, 3.63) is 59.7 Å². The molecular formula is C19H21ClN4O3S. The molecule has 2 aromatic rings. The molecule has 2 aliphatic heterocycles. The van der Waals surface area contributed by atoms with Gasteiger partial charge in [-0.2, -0.15) is 8.42 Å². The number of anilines is 1. The van der Waals surface area contributed by atoms with E-state index in [2.05, 4.69) is 15.0 Å². The minimum Gasteiger partial charge on any atom is -0.339 e. The van der Waals surface area contributed by atoms with Crippen LogP contribution in [0.25, 0.3) is 0 Å². The summed E-state index contributed by atoms with van der Waals surface area (Å²) in [5.41, 5.74) is 1.81. The number of halogens is 1. The molecule has 1 saturated heterocycles. The molecule has 1 fully saturated rings. The number of hydrogen-bond donors (Lipinski definition) is 2. The Kier molecular flexibility index (Phi) is 5.74. The first-order valence-electron chi connectivity index (χ1n) is 8.75. The third-order valence-electron chi connectivity index (χ3n) is 4.93. The van der Waals surface area contributed by atoms with Crippen LogP contribution in [0.4, 0.5) is 5.69 Å². The van der Waals surface area contributed by atoms with Crippen LogP contribution in [0.5, 0.6) is 0 Å². The lowest BCUT2D eigenvalue weighted by molar-refractivity contribution is 0.0744. The van der Waals surface area contributed by atoms with Crippen LogP contribution in [0, 0.1) is 0 Å². The highest BCUT2D eigenvalue weighted by Crippen LogP contribution is 2.26. The molecule has 2 heterocycles. The molecule has 4 rings (SSSR count). The number of likely N-dealkylation sites (N-methyl/N-ethyl adjacent to an activating group) is 1. The molecule has 148 valence electrons. The fraction of sp³-hybridized carbons (Fsp3) is 0.263. The SMILES string of the molecule is CN(C(=O)c1ccc(NC2=NS(=O)(=O)c3ccccc32)cc1)C1CCNC1.Cl. The van der Waals surface area contributed by atoms with Gasteiger partial charge in [-0.3, -0.25) is 4.79 Å². The highest BCUT2D eigenvalue weighted by atomic mass is 35.5. The van der Waals surface area contributed by atoms with Crippen LogP contribution < -0.4 is 10.6 Å². The van der Waals surface area contributed by atoms with Crippen LogP contribution in [-0.4, -0.2) is 51.2 Å². The zero-order valence-electron chi connectivity index (χ0n) is 15.3. The van der Waals surface area contributed by atoms with Gasteiger partial charge in [0.25, 0.3) is 15.9 Å². The van der Waals surface area contributed by atoms with E-state index in [1.54, 1.807) is 53.4 Å². The number of nitrogens with zero attached hydrogens (tertiary/aromatic N) is 2. The average molecular weight is 421 g/mol. The van der Waals surface area contributed by atoms with Crippen molar-refractivity contribution in [2.75, 3.05) is 25.5 Å². The largest absolute Gasteiger partial charge is 0.339 e. The minimum atomic E-state index is -3.66. The van der Waals surface area contributed by atoms with Crippen molar-refractivity contribution in [3.8, 4) is 0 Å². The van der Waals surface area contributed by atoms with Gasteiger partial charge in [0.15, 0.2) is 5.84 Å². The third kappa shape index (κ3) is 3.76. The topological polar surface area (TPSA) is 90.9 Å². The van der Waals surface area contributed by atoms with E-state index in [1.165, 1.54) is 0 Å². The second kappa shape index (κ2) is 7.90. The Bertz CT molecular complexity index is 1020. The number of benzene rings is 2. The van der Waals surface area contributed by atoms with E-state index in [0.717, 1.165) is 19.5 Å². The number of rotatable bonds is 3. The second-order valence-electron chi connectivity index (χ2n) is 6.68. The Morgan fingerprint density at radius 2 is 1.89 bits per heavy atom. The Morgan fingerprint density at radius 1 is 1.18 bits per heavy atom. The monoisotopic (exact) mass is 420 g/mol. The van der Waals surface area contributed by atoms with E-state index in [0.29, 0.717) is 22.6 Å². The van der Waals surface area contributed by atoms with Gasteiger partial charge in [-0.05, 0) is 49.4 Å². The van der Waals surface area contributed by atoms with Gasteiger partial charge < -0.3 is 15.5 Å². The fourth-order valence-electron chi connectivity index (χ4n) is 3.37. The van der Waals surface area contributed by atoms with Crippen molar-refractivity contribution in [3.63, 3.8) is 0 Å². The van der Waals surface area contributed by atoms with Gasteiger partial charge in [-0.25, -0.2) is 0 Å². The molecule has 2 N–H and O–H groups in total. The Hall–Kier alpha value is -2.42. The lowest BCUT2D eigenvalue weighted by atomic mass is 10.1. The number of carbonyl (C=O) groups excluding carboxylic acids is 1. The van der Waals surface area contributed by atoms with E-state index in [9.17, 15) is 13.2 Å². The summed E-state index contributed by atoms with van der Waals surface area (Å²) in [5, 5.41) is 6.30. The summed E-state index contributed by atoms with van der Waals surface area (Å²) in [6.07, 6.45) is 0.954. The van der Waals surface area contributed by atoms with Crippen LogP contribution in [0.1, 0.15) is 22.3 Å². The van der Waals surface area contributed by atoms with Crippen LogP contribution in [0.3, 0.4) is 0 Å². The molecule has 0 saturated carbocycles. The van der Waals surface area contributed by atoms with Gasteiger partial charge in [0.2, 0.25) is 0 Å². The molecule has 1 atom stereocenters. The highest BCUT2D eigenvalue weighted by Gasteiger charge is 2.28. The molecule has 2 aromatic carbocycles. The van der Waals surface area contributed by atoms with Crippen molar-refractivity contribution < 1.29 is 13.2 Å². The number of nitrogens with one attached hydrogen (secondary N) is 2. The van der Waals surface area contributed by atoms with Crippen LogP contribution in [0.2, 0.25) is 0 Å². The molecule has 0 radical (unpaired) electrons. The predicted molar refractivity (Wildman–Crippen MR) is 111 cm³/mol. The molecule has 9 heteroatoms. The van der Waals surface area contributed by atoms with E-state index < -0.39 is 10.0 Å². The molecule has 0 spiro atoms. The summed E-state index contributed by atoms with van der Waals surface area (Å²) in [6, 6.07) is 13.9. The maximum Gasteiger partial charge on any atom is 0.285 e. The van der Waals surface area contributed by atoms with Crippen molar-refractivity contribution in [2.45, 2.75) is 17.4 Å². The summed E-state index contributed by atoms with van der Waals surface area (Å²) in [7, 11) is -1.84. The van der Waals surface area contributed by atoms with Crippen molar-refractivity contribution >= 4 is 39.9 Å². The van der Waals surface area contributed by atoms with E-state index in [1.807, 2.05) is 7.05 Å². The molecule has 7 nitrogen and oxygen atoms in total. The van der Waals surface area contributed by atoms with Crippen LogP contribution >= 0.6 is 12.4 Å². The van der Waals surface area contributed by atoms with Crippen molar-refractivity contribution in [2.24, 2.45) is 4.40 Å². The number of sulfonamides is 1. The number of amides is 1. The number of fused-ring (bicyclic) bond motifs is 1. The normalized spacial score (nSPS) is 19.3. The molecule has 1 unspecified atom stereocenters. The summed E-state index contributed by atoms with van der Waals surface area (Å²) in [6.45, 7) is 1.74. The fourth-order valence-corrected chi connectivity index (χ4v) is 4.54. The average Bonchev–Trinajstić information content (AvgIpc) is 3.29. The lowest BCUT2D eigenvalue weighted by Crippen LogP contribution is -2.38. The molecule has 28 heavy (non-hydrogen) atoms. The molecule has 0 aromatic heterocycles. The third-order valence-corrected chi connectivity index (χ3v) is 6.26. The maximum absolute atomic E-state index is 12.6. The predicted octanol–water partition coefficient (Wildman–Crippen LogP) is 2.10. The molecular weight excluding hydrogens is 400 g/mol. The van der Waals surface area contributed by atoms with Crippen molar-refractivity contribution in [1.82, 2.24) is 10.2 Å². The Balaban J connectivity index is 0.00000225. The smallest absolute Gasteiger partial charge is 0.285 e. The van der Waals surface area contributed by atoms with Crippen LogP contribution in [0.15, 0.2) is 57.8 Å². The highest BCUT2D eigenvalue weighted by molar-refractivity contribution is 7.90. The first-order valence-corrected chi connectivity index (χ1v) is 10.2. The Labute approximate surface area is 170 Å². The summed E-state index contributed by atoms with van der Waals surface area (Å²) < 4.78 is 28.0. The molecule has 2 aliphatic rings.